The van der Waals surface area contributed by atoms with Gasteiger partial charge in [-0.2, -0.15) is 0 Å². The summed E-state index contributed by atoms with van der Waals surface area (Å²) in [6.45, 7) is 9.52. The van der Waals surface area contributed by atoms with Gasteiger partial charge in [0, 0.05) is 13.1 Å². The molecule has 2 rings (SSSR count). The monoisotopic (exact) mass is 411 g/mol. The minimum Gasteiger partial charge on any atom is -0.496 e. The van der Waals surface area contributed by atoms with Crippen molar-refractivity contribution in [2.75, 3.05) is 33.3 Å². The van der Waals surface area contributed by atoms with Gasteiger partial charge in [-0.25, -0.2) is 0 Å². The van der Waals surface area contributed by atoms with Crippen molar-refractivity contribution in [1.29, 1.82) is 0 Å². The molecule has 7 heteroatoms. The molecule has 1 aliphatic heterocycles. The van der Waals surface area contributed by atoms with Gasteiger partial charge >= 0.3 is 0 Å². The first-order valence-electron chi connectivity index (χ1n) is 9.91. The first kappa shape index (κ1) is 24.2. The summed E-state index contributed by atoms with van der Waals surface area (Å²) in [6, 6.07) is 6.53. The van der Waals surface area contributed by atoms with Crippen LogP contribution < -0.4 is 15.4 Å². The highest BCUT2D eigenvalue weighted by Gasteiger charge is 2.31. The predicted molar refractivity (Wildman–Crippen MR) is 114 cm³/mol. The summed E-state index contributed by atoms with van der Waals surface area (Å²) >= 11 is 0. The molecular formula is C21H34ClN3O3. The van der Waals surface area contributed by atoms with E-state index in [0.717, 1.165) is 39.0 Å². The number of rotatable bonds is 8. The normalized spacial score (nSPS) is 15.7. The zero-order valence-corrected chi connectivity index (χ0v) is 18.2. The molecule has 0 aliphatic carbocycles. The van der Waals surface area contributed by atoms with E-state index < -0.39 is 6.04 Å². The van der Waals surface area contributed by atoms with Crippen LogP contribution in [0.3, 0.4) is 0 Å². The molecule has 0 aromatic heterocycles. The second kappa shape index (κ2) is 11.9. The van der Waals surface area contributed by atoms with Gasteiger partial charge in [0.1, 0.15) is 11.8 Å². The average Bonchev–Trinajstić information content (AvgIpc) is 2.69. The molecule has 0 bridgehead atoms. The van der Waals surface area contributed by atoms with Crippen LogP contribution in [0.2, 0.25) is 0 Å². The number of hydrogen-bond donors (Lipinski definition) is 2. The van der Waals surface area contributed by atoms with Gasteiger partial charge in [-0.1, -0.05) is 32.9 Å². The Kier molecular flexibility index (Phi) is 10.3. The molecule has 1 aromatic carbocycles. The zero-order chi connectivity index (χ0) is 19.8. The molecule has 28 heavy (non-hydrogen) atoms. The molecule has 1 saturated heterocycles. The van der Waals surface area contributed by atoms with Crippen LogP contribution in [0.15, 0.2) is 24.3 Å². The quantitative estimate of drug-likeness (QED) is 0.690. The summed E-state index contributed by atoms with van der Waals surface area (Å²) in [6.07, 6.45) is 2.01. The van der Waals surface area contributed by atoms with E-state index in [9.17, 15) is 9.59 Å². The summed E-state index contributed by atoms with van der Waals surface area (Å²) in [5, 5.41) is 6.31. The molecule has 0 saturated carbocycles. The van der Waals surface area contributed by atoms with E-state index in [4.69, 9.17) is 4.74 Å². The average molecular weight is 412 g/mol. The van der Waals surface area contributed by atoms with E-state index in [1.807, 2.05) is 24.8 Å². The Morgan fingerprint density at radius 1 is 1.21 bits per heavy atom. The molecule has 1 aliphatic rings. The molecular weight excluding hydrogens is 378 g/mol. The van der Waals surface area contributed by atoms with Gasteiger partial charge in [0.2, 0.25) is 5.91 Å². The number of nitrogens with one attached hydrogen (secondary N) is 2. The second-order valence-electron chi connectivity index (χ2n) is 7.47. The van der Waals surface area contributed by atoms with Crippen LogP contribution in [-0.4, -0.2) is 56.0 Å². The Hall–Kier alpha value is -1.79. The van der Waals surface area contributed by atoms with E-state index in [2.05, 4.69) is 17.6 Å². The maximum Gasteiger partial charge on any atom is 0.255 e. The summed E-state index contributed by atoms with van der Waals surface area (Å²) in [5.74, 6) is 0.871. The van der Waals surface area contributed by atoms with Crippen molar-refractivity contribution in [3.63, 3.8) is 0 Å². The second-order valence-corrected chi connectivity index (χ2v) is 7.47. The minimum atomic E-state index is -0.535. The number of benzene rings is 1. The number of para-hydroxylation sites is 1. The van der Waals surface area contributed by atoms with Gasteiger partial charge in [0.05, 0.1) is 12.7 Å². The van der Waals surface area contributed by atoms with Crippen LogP contribution in [0, 0.1) is 11.8 Å². The highest BCUT2D eigenvalue weighted by atomic mass is 35.5. The number of methoxy groups -OCH3 is 1. The molecule has 6 nitrogen and oxygen atoms in total. The van der Waals surface area contributed by atoms with Crippen LogP contribution in [-0.2, 0) is 4.79 Å². The largest absolute Gasteiger partial charge is 0.496 e. The number of hydrogen-bond acceptors (Lipinski definition) is 4. The fraction of sp³-hybridized carbons (Fsp3) is 0.619. The van der Waals surface area contributed by atoms with Gasteiger partial charge < -0.3 is 20.3 Å². The number of piperidine rings is 1. The van der Waals surface area contributed by atoms with Gasteiger partial charge in [-0.05, 0) is 49.9 Å². The standard InChI is InChI=1S/C21H33N3O3.ClH/c1-5-22-14-16-10-12-24(13-11-16)21(26)19(15(2)3)23-20(25)17-8-6-7-9-18(17)27-4;/h6-9,15-16,19,22H,5,10-14H2,1-4H3,(H,23,25);1H. The van der Waals surface area contributed by atoms with Crippen LogP contribution in [0.4, 0.5) is 0 Å². The lowest BCUT2D eigenvalue weighted by Crippen LogP contribution is -2.53. The molecule has 1 aromatic rings. The smallest absolute Gasteiger partial charge is 0.255 e. The number of halogens is 1. The molecule has 158 valence electrons. The third kappa shape index (κ3) is 6.38. The Balaban J connectivity index is 0.00000392. The Morgan fingerprint density at radius 2 is 1.86 bits per heavy atom. The van der Waals surface area contributed by atoms with Gasteiger partial charge in [-0.15, -0.1) is 12.4 Å². The molecule has 1 unspecified atom stereocenters. The maximum atomic E-state index is 13.0. The lowest BCUT2D eigenvalue weighted by molar-refractivity contribution is -0.135. The summed E-state index contributed by atoms with van der Waals surface area (Å²) in [5.41, 5.74) is 0.447. The van der Waals surface area contributed by atoms with E-state index in [1.54, 1.807) is 18.2 Å². The van der Waals surface area contributed by atoms with Crippen molar-refractivity contribution in [2.24, 2.45) is 11.8 Å². The van der Waals surface area contributed by atoms with Crippen molar-refractivity contribution >= 4 is 24.2 Å². The van der Waals surface area contributed by atoms with Crippen molar-refractivity contribution in [1.82, 2.24) is 15.5 Å². The fourth-order valence-electron chi connectivity index (χ4n) is 3.47. The highest BCUT2D eigenvalue weighted by Crippen LogP contribution is 2.20. The number of carbonyl (C=O) groups is 2. The molecule has 1 fully saturated rings. The third-order valence-corrected chi connectivity index (χ3v) is 5.18. The van der Waals surface area contributed by atoms with Crippen LogP contribution in [0.25, 0.3) is 0 Å². The number of likely N-dealkylation sites (tertiary alicyclic amines) is 1. The van der Waals surface area contributed by atoms with E-state index in [0.29, 0.717) is 17.2 Å². The zero-order valence-electron chi connectivity index (χ0n) is 17.4. The molecule has 2 amide bonds. The topological polar surface area (TPSA) is 70.7 Å². The lowest BCUT2D eigenvalue weighted by atomic mass is 9.95. The number of carbonyl (C=O) groups excluding carboxylic acids is 2. The van der Waals surface area contributed by atoms with Crippen LogP contribution in [0.1, 0.15) is 44.0 Å². The van der Waals surface area contributed by atoms with E-state index in [-0.39, 0.29) is 30.1 Å². The van der Waals surface area contributed by atoms with Crippen LogP contribution >= 0.6 is 12.4 Å². The molecule has 2 N–H and O–H groups in total. The minimum absolute atomic E-state index is 0. The lowest BCUT2D eigenvalue weighted by Gasteiger charge is -2.35. The van der Waals surface area contributed by atoms with E-state index in [1.165, 1.54) is 7.11 Å². The molecule has 1 atom stereocenters. The molecule has 1 heterocycles. The third-order valence-electron chi connectivity index (χ3n) is 5.18. The Labute approximate surface area is 174 Å². The summed E-state index contributed by atoms with van der Waals surface area (Å²) in [4.78, 5) is 27.7. The summed E-state index contributed by atoms with van der Waals surface area (Å²) < 4.78 is 5.27. The molecule has 0 radical (unpaired) electrons. The van der Waals surface area contributed by atoms with Crippen LogP contribution in [0.5, 0.6) is 5.75 Å². The Morgan fingerprint density at radius 3 is 2.43 bits per heavy atom. The van der Waals surface area contributed by atoms with Gasteiger partial charge in [0.15, 0.2) is 0 Å². The predicted octanol–water partition coefficient (Wildman–Crippen LogP) is 2.72. The van der Waals surface area contributed by atoms with Crippen molar-refractivity contribution in [3.8, 4) is 5.75 Å². The molecule has 0 spiro atoms. The Bertz CT molecular complexity index is 631. The summed E-state index contributed by atoms with van der Waals surface area (Å²) in [7, 11) is 1.54. The number of ether oxygens (including phenoxy) is 1. The SMILES string of the molecule is CCNCC1CCN(C(=O)C(NC(=O)c2ccccc2OC)C(C)C)CC1.Cl. The van der Waals surface area contributed by atoms with Crippen molar-refractivity contribution in [3.05, 3.63) is 29.8 Å². The first-order chi connectivity index (χ1) is 13.0. The maximum absolute atomic E-state index is 13.0. The number of nitrogens with zero attached hydrogens (tertiary/aromatic N) is 1. The van der Waals surface area contributed by atoms with Gasteiger partial charge in [-0.3, -0.25) is 9.59 Å². The highest BCUT2D eigenvalue weighted by molar-refractivity contribution is 5.99. The fourth-order valence-corrected chi connectivity index (χ4v) is 3.47. The van der Waals surface area contributed by atoms with Crippen molar-refractivity contribution < 1.29 is 14.3 Å². The van der Waals surface area contributed by atoms with Crippen molar-refractivity contribution in [2.45, 2.75) is 39.7 Å². The van der Waals surface area contributed by atoms with E-state index >= 15 is 0 Å². The first-order valence-corrected chi connectivity index (χ1v) is 9.91. The number of amides is 2. The van der Waals surface area contributed by atoms with Gasteiger partial charge in [0.25, 0.3) is 5.91 Å².